The van der Waals surface area contributed by atoms with E-state index in [-0.39, 0.29) is 31.1 Å². The average molecular weight is 906 g/mol. The number of carbonyl (C=O) groups excluding carboxylic acids is 3. The van der Waals surface area contributed by atoms with Gasteiger partial charge < -0.3 is 14.2 Å². The van der Waals surface area contributed by atoms with Gasteiger partial charge in [-0.25, -0.2) is 0 Å². The summed E-state index contributed by atoms with van der Waals surface area (Å²) in [5.74, 6) is 0.907. The summed E-state index contributed by atoms with van der Waals surface area (Å²) in [7, 11) is 0. The van der Waals surface area contributed by atoms with Gasteiger partial charge in [-0.3, -0.25) is 14.4 Å². The van der Waals surface area contributed by atoms with Crippen LogP contribution in [0.3, 0.4) is 0 Å². The molecule has 0 N–H and O–H groups in total. The van der Waals surface area contributed by atoms with Crippen molar-refractivity contribution in [1.29, 1.82) is 0 Å². The van der Waals surface area contributed by atoms with E-state index >= 15 is 0 Å². The second kappa shape index (κ2) is 50.8. The highest BCUT2D eigenvalue weighted by molar-refractivity contribution is 5.71. The SMILES string of the molecule is CCCCCCCCCC(=O)O[C@@H](COC(=O)CCCCCCCCCCCCCCCCCCCCC(C)C)COC(=O)CCCCCCCCCCCCCCCCC(C)CC. The van der Waals surface area contributed by atoms with Gasteiger partial charge in [-0.15, -0.1) is 0 Å². The molecule has 380 valence electrons. The monoisotopic (exact) mass is 905 g/mol. The highest BCUT2D eigenvalue weighted by atomic mass is 16.6. The van der Waals surface area contributed by atoms with Crippen molar-refractivity contribution >= 4 is 17.9 Å². The van der Waals surface area contributed by atoms with Crippen LogP contribution in [0.15, 0.2) is 0 Å². The molecule has 0 heterocycles. The molecule has 0 aromatic rings. The molecule has 0 fully saturated rings. The summed E-state index contributed by atoms with van der Waals surface area (Å²) in [6.07, 6.45) is 54.0. The summed E-state index contributed by atoms with van der Waals surface area (Å²) < 4.78 is 16.8. The summed E-state index contributed by atoms with van der Waals surface area (Å²) in [4.78, 5) is 37.9. The summed E-state index contributed by atoms with van der Waals surface area (Å²) in [6, 6.07) is 0. The maximum Gasteiger partial charge on any atom is 0.306 e. The minimum Gasteiger partial charge on any atom is -0.462 e. The Hall–Kier alpha value is -1.59. The molecule has 0 radical (unpaired) electrons. The molecule has 0 aromatic heterocycles. The number of carbonyl (C=O) groups is 3. The molecule has 2 atom stereocenters. The minimum atomic E-state index is -0.761. The molecule has 0 spiro atoms. The molecular weight excluding hydrogens is 793 g/mol. The molecule has 0 aromatic carbocycles. The molecule has 6 nitrogen and oxygen atoms in total. The summed E-state index contributed by atoms with van der Waals surface area (Å²) >= 11 is 0. The van der Waals surface area contributed by atoms with Gasteiger partial charge in [0.05, 0.1) is 0 Å². The summed E-state index contributed by atoms with van der Waals surface area (Å²) in [5.41, 5.74) is 0. The Kier molecular flexibility index (Phi) is 49.6. The number of hydrogen-bond acceptors (Lipinski definition) is 6. The largest absolute Gasteiger partial charge is 0.462 e. The van der Waals surface area contributed by atoms with Crippen LogP contribution in [0.5, 0.6) is 0 Å². The zero-order valence-corrected chi connectivity index (χ0v) is 43.9. The van der Waals surface area contributed by atoms with Crippen LogP contribution < -0.4 is 0 Å². The van der Waals surface area contributed by atoms with Crippen molar-refractivity contribution in [3.63, 3.8) is 0 Å². The lowest BCUT2D eigenvalue weighted by atomic mass is 9.99. The average Bonchev–Trinajstić information content (AvgIpc) is 3.28. The van der Waals surface area contributed by atoms with Crippen LogP contribution in [-0.4, -0.2) is 37.2 Å². The maximum absolute atomic E-state index is 12.7. The van der Waals surface area contributed by atoms with Gasteiger partial charge in [0.1, 0.15) is 13.2 Å². The van der Waals surface area contributed by atoms with Crippen LogP contribution in [0.2, 0.25) is 0 Å². The number of hydrogen-bond donors (Lipinski definition) is 0. The first-order valence-electron chi connectivity index (χ1n) is 28.8. The smallest absolute Gasteiger partial charge is 0.306 e. The van der Waals surface area contributed by atoms with Gasteiger partial charge in [-0.05, 0) is 31.1 Å². The molecule has 0 amide bonds. The lowest BCUT2D eigenvalue weighted by molar-refractivity contribution is -0.167. The third kappa shape index (κ3) is 49.8. The fourth-order valence-corrected chi connectivity index (χ4v) is 8.84. The van der Waals surface area contributed by atoms with Gasteiger partial charge in [-0.1, -0.05) is 285 Å². The Morgan fingerprint density at radius 2 is 0.594 bits per heavy atom. The van der Waals surface area contributed by atoms with Gasteiger partial charge in [-0.2, -0.15) is 0 Å². The van der Waals surface area contributed by atoms with Crippen LogP contribution >= 0.6 is 0 Å². The van der Waals surface area contributed by atoms with E-state index in [0.29, 0.717) is 19.3 Å². The van der Waals surface area contributed by atoms with Crippen LogP contribution in [0.25, 0.3) is 0 Å². The zero-order chi connectivity index (χ0) is 46.8. The van der Waals surface area contributed by atoms with Crippen LogP contribution in [0.1, 0.15) is 324 Å². The quantitative estimate of drug-likeness (QED) is 0.0344. The maximum atomic E-state index is 12.7. The van der Waals surface area contributed by atoms with E-state index in [0.717, 1.165) is 69.6 Å². The molecule has 0 saturated heterocycles. The van der Waals surface area contributed by atoms with Crippen molar-refractivity contribution in [1.82, 2.24) is 0 Å². The Balaban J connectivity index is 4.09. The minimum absolute atomic E-state index is 0.0634. The van der Waals surface area contributed by atoms with E-state index < -0.39 is 6.10 Å². The highest BCUT2D eigenvalue weighted by Gasteiger charge is 2.19. The molecule has 0 aliphatic rings. The fourth-order valence-electron chi connectivity index (χ4n) is 8.84. The van der Waals surface area contributed by atoms with E-state index in [4.69, 9.17) is 14.2 Å². The Labute approximate surface area is 399 Å². The second-order valence-corrected chi connectivity index (χ2v) is 20.6. The van der Waals surface area contributed by atoms with E-state index in [1.807, 2.05) is 0 Å². The molecule has 0 rings (SSSR count). The number of unbranched alkanes of at least 4 members (excludes halogenated alkanes) is 36. The second-order valence-electron chi connectivity index (χ2n) is 20.6. The first-order valence-corrected chi connectivity index (χ1v) is 28.8. The van der Waals surface area contributed by atoms with Crippen molar-refractivity contribution in [2.75, 3.05) is 13.2 Å². The molecule has 0 bridgehead atoms. The summed E-state index contributed by atoms with van der Waals surface area (Å²) in [6.45, 7) is 11.4. The van der Waals surface area contributed by atoms with Crippen molar-refractivity contribution < 1.29 is 28.6 Å². The van der Waals surface area contributed by atoms with E-state index in [1.54, 1.807) is 0 Å². The molecule has 64 heavy (non-hydrogen) atoms. The number of esters is 3. The van der Waals surface area contributed by atoms with Gasteiger partial charge in [0.25, 0.3) is 0 Å². The van der Waals surface area contributed by atoms with Gasteiger partial charge in [0.15, 0.2) is 6.10 Å². The molecule has 0 aliphatic carbocycles. The molecular formula is C58H112O6. The van der Waals surface area contributed by atoms with Gasteiger partial charge in [0.2, 0.25) is 0 Å². The number of rotatable bonds is 52. The molecule has 0 aliphatic heterocycles. The van der Waals surface area contributed by atoms with E-state index in [9.17, 15) is 14.4 Å². The molecule has 0 saturated carbocycles. The topological polar surface area (TPSA) is 78.9 Å². The first-order chi connectivity index (χ1) is 31.3. The van der Waals surface area contributed by atoms with Crippen LogP contribution in [0.4, 0.5) is 0 Å². The Morgan fingerprint density at radius 1 is 0.328 bits per heavy atom. The van der Waals surface area contributed by atoms with E-state index in [2.05, 4.69) is 34.6 Å². The number of ether oxygens (including phenoxy) is 3. The Morgan fingerprint density at radius 3 is 0.891 bits per heavy atom. The normalized spacial score (nSPS) is 12.5. The van der Waals surface area contributed by atoms with Gasteiger partial charge in [0, 0.05) is 19.3 Å². The van der Waals surface area contributed by atoms with E-state index in [1.165, 1.54) is 212 Å². The van der Waals surface area contributed by atoms with Crippen LogP contribution in [0, 0.1) is 11.8 Å². The Bertz CT molecular complexity index is 980. The molecule has 1 unspecified atom stereocenters. The van der Waals surface area contributed by atoms with Crippen molar-refractivity contribution in [3.05, 3.63) is 0 Å². The van der Waals surface area contributed by atoms with Gasteiger partial charge >= 0.3 is 17.9 Å². The first kappa shape index (κ1) is 62.4. The highest BCUT2D eigenvalue weighted by Crippen LogP contribution is 2.19. The lowest BCUT2D eigenvalue weighted by Gasteiger charge is -2.18. The van der Waals surface area contributed by atoms with Crippen molar-refractivity contribution in [2.45, 2.75) is 330 Å². The van der Waals surface area contributed by atoms with Crippen molar-refractivity contribution in [2.24, 2.45) is 11.8 Å². The predicted octanol–water partition coefficient (Wildman–Crippen LogP) is 18.9. The third-order valence-electron chi connectivity index (χ3n) is 13.6. The van der Waals surface area contributed by atoms with Crippen molar-refractivity contribution in [3.8, 4) is 0 Å². The molecule has 6 heteroatoms. The standard InChI is InChI=1S/C58H112O6/c1-6-8-9-10-31-40-45-50-58(61)64-55(52-63-57(60)49-44-39-35-30-26-22-18-17-20-24-28-33-37-42-47-54(5)7-2)51-62-56(59)48-43-38-34-29-25-21-16-14-12-11-13-15-19-23-27-32-36-41-46-53(3)4/h53-55H,6-52H2,1-5H3/t54?,55-/m0/s1. The van der Waals surface area contributed by atoms with Crippen LogP contribution in [-0.2, 0) is 28.6 Å². The summed E-state index contributed by atoms with van der Waals surface area (Å²) in [5, 5.41) is 0. The zero-order valence-electron chi connectivity index (χ0n) is 43.9. The predicted molar refractivity (Wildman–Crippen MR) is 275 cm³/mol. The fraction of sp³-hybridized carbons (Fsp3) is 0.948. The lowest BCUT2D eigenvalue weighted by Crippen LogP contribution is -2.30. The third-order valence-corrected chi connectivity index (χ3v) is 13.6.